The standard InChI is InChI=1S/C21H23N7/c1-3-13-23-15-11-9-14(10-12-15)19-24-17-8-6-5-7-16(17)18-20(25-19)26-21(22-4-2)28-27-18/h3,5-12,19,23-24H,1,4,13H2,2H3,(H2,22,25,26,28). The summed E-state index contributed by atoms with van der Waals surface area (Å²) >= 11 is 0. The molecule has 2 aromatic carbocycles. The van der Waals surface area contributed by atoms with Crippen LogP contribution in [0, 0.1) is 0 Å². The summed E-state index contributed by atoms with van der Waals surface area (Å²) in [5, 5.41) is 22.1. The van der Waals surface area contributed by atoms with Crippen molar-refractivity contribution in [1.82, 2.24) is 15.2 Å². The molecule has 0 amide bonds. The largest absolute Gasteiger partial charge is 0.382 e. The molecule has 0 radical (unpaired) electrons. The van der Waals surface area contributed by atoms with Gasteiger partial charge in [0.2, 0.25) is 5.95 Å². The predicted octanol–water partition coefficient (Wildman–Crippen LogP) is 4.10. The van der Waals surface area contributed by atoms with Gasteiger partial charge in [0.15, 0.2) is 5.82 Å². The number of nitrogens with one attached hydrogen (secondary N) is 4. The van der Waals surface area contributed by atoms with Gasteiger partial charge in [0.1, 0.15) is 11.9 Å². The molecule has 142 valence electrons. The molecule has 0 saturated carbocycles. The number of rotatable bonds is 6. The van der Waals surface area contributed by atoms with Gasteiger partial charge in [0.05, 0.1) is 0 Å². The lowest BCUT2D eigenvalue weighted by atomic mass is 10.1. The van der Waals surface area contributed by atoms with Gasteiger partial charge in [0, 0.05) is 30.0 Å². The van der Waals surface area contributed by atoms with E-state index in [9.17, 15) is 0 Å². The van der Waals surface area contributed by atoms with E-state index in [0.29, 0.717) is 11.8 Å². The van der Waals surface area contributed by atoms with Crippen LogP contribution in [-0.4, -0.2) is 28.3 Å². The third-order valence-corrected chi connectivity index (χ3v) is 4.48. The van der Waals surface area contributed by atoms with Crippen molar-refractivity contribution in [3.05, 3.63) is 66.7 Å². The minimum absolute atomic E-state index is 0.151. The van der Waals surface area contributed by atoms with Gasteiger partial charge in [-0.15, -0.1) is 16.8 Å². The third kappa shape index (κ3) is 3.59. The molecule has 2 heterocycles. The fourth-order valence-corrected chi connectivity index (χ4v) is 3.13. The van der Waals surface area contributed by atoms with E-state index in [-0.39, 0.29) is 6.17 Å². The van der Waals surface area contributed by atoms with Crippen LogP contribution in [0.4, 0.5) is 23.1 Å². The van der Waals surface area contributed by atoms with Crippen molar-refractivity contribution < 1.29 is 0 Å². The summed E-state index contributed by atoms with van der Waals surface area (Å²) < 4.78 is 0. The molecule has 3 aromatic rings. The van der Waals surface area contributed by atoms with Crippen molar-refractivity contribution in [2.45, 2.75) is 13.1 Å². The lowest BCUT2D eigenvalue weighted by molar-refractivity contribution is 0.885. The first-order chi connectivity index (χ1) is 13.8. The van der Waals surface area contributed by atoms with Gasteiger partial charge in [-0.1, -0.05) is 36.4 Å². The molecule has 0 spiro atoms. The Hall–Kier alpha value is -3.61. The van der Waals surface area contributed by atoms with Gasteiger partial charge in [-0.3, -0.25) is 0 Å². The average Bonchev–Trinajstić information content (AvgIpc) is 2.89. The number of anilines is 4. The summed E-state index contributed by atoms with van der Waals surface area (Å²) in [4.78, 5) is 4.64. The van der Waals surface area contributed by atoms with Crippen molar-refractivity contribution in [2.24, 2.45) is 0 Å². The van der Waals surface area contributed by atoms with Crippen LogP contribution in [0.5, 0.6) is 0 Å². The van der Waals surface area contributed by atoms with Crippen LogP contribution in [0.15, 0.2) is 61.2 Å². The number of fused-ring (bicyclic) bond motifs is 3. The van der Waals surface area contributed by atoms with E-state index in [0.717, 1.165) is 41.3 Å². The van der Waals surface area contributed by atoms with E-state index < -0.39 is 0 Å². The van der Waals surface area contributed by atoms with Gasteiger partial charge < -0.3 is 21.3 Å². The van der Waals surface area contributed by atoms with Crippen molar-refractivity contribution in [1.29, 1.82) is 0 Å². The fourth-order valence-electron chi connectivity index (χ4n) is 3.13. The molecule has 1 atom stereocenters. The zero-order valence-corrected chi connectivity index (χ0v) is 15.7. The van der Waals surface area contributed by atoms with Crippen LogP contribution in [0.25, 0.3) is 11.3 Å². The van der Waals surface area contributed by atoms with Crippen molar-refractivity contribution in [2.75, 3.05) is 34.4 Å². The normalized spacial score (nSPS) is 14.5. The number of para-hydroxylation sites is 1. The topological polar surface area (TPSA) is 86.8 Å². The minimum atomic E-state index is -0.151. The average molecular weight is 373 g/mol. The molecule has 1 aromatic heterocycles. The molecule has 4 rings (SSSR count). The van der Waals surface area contributed by atoms with Crippen LogP contribution < -0.4 is 21.3 Å². The van der Waals surface area contributed by atoms with Crippen LogP contribution in [-0.2, 0) is 0 Å². The second-order valence-electron chi connectivity index (χ2n) is 6.42. The SMILES string of the molecule is C=CCNc1ccc(C2Nc3ccccc3-c3nnc(NCC)nc3N2)cc1. The highest BCUT2D eigenvalue weighted by Crippen LogP contribution is 2.37. The van der Waals surface area contributed by atoms with Crippen LogP contribution in [0.2, 0.25) is 0 Å². The third-order valence-electron chi connectivity index (χ3n) is 4.48. The first kappa shape index (κ1) is 17.8. The van der Waals surface area contributed by atoms with Crippen LogP contribution in [0.1, 0.15) is 18.7 Å². The lowest BCUT2D eigenvalue weighted by Crippen LogP contribution is -2.19. The fraction of sp³-hybridized carbons (Fsp3) is 0.190. The van der Waals surface area contributed by atoms with Gasteiger partial charge in [-0.05, 0) is 30.7 Å². The molecular weight excluding hydrogens is 350 g/mol. The van der Waals surface area contributed by atoms with Crippen LogP contribution in [0.3, 0.4) is 0 Å². The Bertz CT molecular complexity index is 969. The highest BCUT2D eigenvalue weighted by molar-refractivity contribution is 5.84. The van der Waals surface area contributed by atoms with E-state index >= 15 is 0 Å². The lowest BCUT2D eigenvalue weighted by Gasteiger charge is -2.21. The Morgan fingerprint density at radius 2 is 1.86 bits per heavy atom. The van der Waals surface area contributed by atoms with Gasteiger partial charge >= 0.3 is 0 Å². The monoisotopic (exact) mass is 373 g/mol. The molecule has 7 nitrogen and oxygen atoms in total. The molecule has 0 fully saturated rings. The summed E-state index contributed by atoms with van der Waals surface area (Å²) in [6.07, 6.45) is 1.69. The maximum Gasteiger partial charge on any atom is 0.244 e. The first-order valence-electron chi connectivity index (χ1n) is 9.34. The summed E-state index contributed by atoms with van der Waals surface area (Å²) in [7, 11) is 0. The smallest absolute Gasteiger partial charge is 0.244 e. The second kappa shape index (κ2) is 7.96. The molecular formula is C21H23N7. The molecule has 1 aliphatic heterocycles. The van der Waals surface area contributed by atoms with Crippen LogP contribution >= 0.6 is 0 Å². The molecule has 28 heavy (non-hydrogen) atoms. The van der Waals surface area contributed by atoms with E-state index in [1.807, 2.05) is 37.3 Å². The number of nitrogens with zero attached hydrogens (tertiary/aromatic N) is 3. The summed E-state index contributed by atoms with van der Waals surface area (Å²) in [5.41, 5.74) is 4.84. The van der Waals surface area contributed by atoms with Gasteiger partial charge in [-0.2, -0.15) is 4.98 Å². The molecule has 1 unspecified atom stereocenters. The molecule has 0 saturated heterocycles. The van der Waals surface area contributed by atoms with Crippen molar-refractivity contribution in [3.63, 3.8) is 0 Å². The number of hydrogen-bond acceptors (Lipinski definition) is 7. The van der Waals surface area contributed by atoms with Crippen molar-refractivity contribution >= 4 is 23.1 Å². The highest BCUT2D eigenvalue weighted by atomic mass is 15.3. The quantitative estimate of drug-likeness (QED) is 0.484. The maximum atomic E-state index is 4.64. The maximum absolute atomic E-state index is 4.64. The first-order valence-corrected chi connectivity index (χ1v) is 9.34. The second-order valence-corrected chi connectivity index (χ2v) is 6.42. The summed E-state index contributed by atoms with van der Waals surface area (Å²) in [5.74, 6) is 1.21. The van der Waals surface area contributed by atoms with E-state index in [2.05, 4.69) is 67.3 Å². The zero-order chi connectivity index (χ0) is 19.3. The Morgan fingerprint density at radius 3 is 2.64 bits per heavy atom. The highest BCUT2D eigenvalue weighted by Gasteiger charge is 2.23. The number of hydrogen-bond donors (Lipinski definition) is 4. The summed E-state index contributed by atoms with van der Waals surface area (Å²) in [6, 6.07) is 16.3. The number of benzene rings is 2. The summed E-state index contributed by atoms with van der Waals surface area (Å²) in [6.45, 7) is 7.20. The molecule has 1 aliphatic rings. The molecule has 0 bridgehead atoms. The Morgan fingerprint density at radius 1 is 1.04 bits per heavy atom. The molecule has 4 N–H and O–H groups in total. The molecule has 0 aliphatic carbocycles. The van der Waals surface area contributed by atoms with Gasteiger partial charge in [0.25, 0.3) is 0 Å². The Labute approximate surface area is 164 Å². The number of aromatic nitrogens is 3. The van der Waals surface area contributed by atoms with E-state index in [4.69, 9.17) is 0 Å². The predicted molar refractivity (Wildman–Crippen MR) is 115 cm³/mol. The Balaban J connectivity index is 1.71. The zero-order valence-electron chi connectivity index (χ0n) is 15.7. The van der Waals surface area contributed by atoms with E-state index in [1.54, 1.807) is 0 Å². The Kier molecular flexibility index (Phi) is 5.05. The van der Waals surface area contributed by atoms with Crippen molar-refractivity contribution in [3.8, 4) is 11.3 Å². The minimum Gasteiger partial charge on any atom is -0.382 e. The van der Waals surface area contributed by atoms with Gasteiger partial charge in [-0.25, -0.2) is 0 Å². The molecule has 7 heteroatoms. The van der Waals surface area contributed by atoms with E-state index in [1.165, 1.54) is 0 Å².